The number of hydrogen-bond donors (Lipinski definition) is 7. The lowest BCUT2D eigenvalue weighted by Crippen LogP contribution is -2.64. The first-order chi connectivity index (χ1) is 12.7. The van der Waals surface area contributed by atoms with Crippen LogP contribution in [-0.4, -0.2) is 123 Å². The van der Waals surface area contributed by atoms with Crippen LogP contribution in [0, 0.1) is 0 Å². The van der Waals surface area contributed by atoms with Crippen molar-refractivity contribution in [2.75, 3.05) is 19.8 Å². The van der Waals surface area contributed by atoms with Crippen molar-refractivity contribution in [1.29, 1.82) is 0 Å². The smallest absolute Gasteiger partial charge is 0.187 e. The van der Waals surface area contributed by atoms with E-state index in [2.05, 4.69) is 0 Å². The minimum atomic E-state index is -1.74. The van der Waals surface area contributed by atoms with E-state index in [-0.39, 0.29) is 12.4 Å². The molecule has 0 amide bonds. The van der Waals surface area contributed by atoms with E-state index in [1.165, 1.54) is 6.92 Å². The Bertz CT molecular complexity index is 485. The molecule has 12 heteroatoms. The summed E-state index contributed by atoms with van der Waals surface area (Å²) in [4.78, 5) is 11.0. The van der Waals surface area contributed by atoms with E-state index in [1.54, 1.807) is 0 Å². The maximum absolute atomic E-state index is 11.0. The zero-order valence-electron chi connectivity index (χ0n) is 14.6. The van der Waals surface area contributed by atoms with Crippen LogP contribution < -0.4 is 0 Å². The molecule has 7 N–H and O–H groups in total. The van der Waals surface area contributed by atoms with Gasteiger partial charge < -0.3 is 54.7 Å². The number of carbonyl (C=O) groups excluding carboxylic acids is 1. The largest absolute Gasteiger partial charge is 0.394 e. The third kappa shape index (κ3) is 4.99. The van der Waals surface area contributed by atoms with Crippen molar-refractivity contribution >= 4 is 5.78 Å². The summed E-state index contributed by atoms with van der Waals surface area (Å²) in [5, 5.41) is 68.7. The molecule has 0 saturated carbocycles. The normalized spacial score (nSPS) is 45.6. The molecule has 2 fully saturated rings. The van der Waals surface area contributed by atoms with E-state index in [9.17, 15) is 40.5 Å². The van der Waals surface area contributed by atoms with Crippen LogP contribution in [0.15, 0.2) is 0 Å². The van der Waals surface area contributed by atoms with Crippen LogP contribution in [0.2, 0.25) is 0 Å². The van der Waals surface area contributed by atoms with Crippen molar-refractivity contribution in [3.8, 4) is 0 Å². The molecular formula is C15H26O12. The van der Waals surface area contributed by atoms with Gasteiger partial charge in [-0.1, -0.05) is 0 Å². The second-order valence-corrected chi connectivity index (χ2v) is 6.52. The van der Waals surface area contributed by atoms with Crippen molar-refractivity contribution in [3.63, 3.8) is 0 Å². The molecule has 0 aromatic rings. The third-order valence-electron chi connectivity index (χ3n) is 4.41. The summed E-state index contributed by atoms with van der Waals surface area (Å²) in [5.74, 6) is -0.347. The number of hydrogen-bond acceptors (Lipinski definition) is 12. The van der Waals surface area contributed by atoms with Crippen LogP contribution in [0.25, 0.3) is 0 Å². The molecule has 0 unspecified atom stereocenters. The molecule has 0 aromatic heterocycles. The molecule has 12 nitrogen and oxygen atoms in total. The molecule has 27 heavy (non-hydrogen) atoms. The number of ether oxygens (including phenoxy) is 4. The van der Waals surface area contributed by atoms with Gasteiger partial charge >= 0.3 is 0 Å². The Morgan fingerprint density at radius 2 is 1.37 bits per heavy atom. The Morgan fingerprint density at radius 3 is 1.93 bits per heavy atom. The van der Waals surface area contributed by atoms with Gasteiger partial charge in [-0.3, -0.25) is 4.79 Å². The Balaban J connectivity index is 2.09. The molecule has 0 aromatic carbocycles. The van der Waals surface area contributed by atoms with Crippen molar-refractivity contribution in [2.24, 2.45) is 0 Å². The van der Waals surface area contributed by atoms with Gasteiger partial charge in [0.1, 0.15) is 55.4 Å². The molecule has 10 atom stereocenters. The van der Waals surface area contributed by atoms with Gasteiger partial charge in [0.05, 0.1) is 13.2 Å². The molecule has 0 bridgehead atoms. The van der Waals surface area contributed by atoms with E-state index < -0.39 is 74.6 Å². The number of ketones is 1. The van der Waals surface area contributed by atoms with Gasteiger partial charge in [0.2, 0.25) is 0 Å². The number of rotatable bonds is 7. The van der Waals surface area contributed by atoms with Gasteiger partial charge in [-0.25, -0.2) is 0 Å². The van der Waals surface area contributed by atoms with Crippen LogP contribution in [0.4, 0.5) is 0 Å². The molecule has 2 heterocycles. The second kappa shape index (κ2) is 9.62. The van der Waals surface area contributed by atoms with Crippen LogP contribution in [0.5, 0.6) is 0 Å². The number of carbonyl (C=O) groups is 1. The summed E-state index contributed by atoms with van der Waals surface area (Å²) in [5.41, 5.74) is 0. The van der Waals surface area contributed by atoms with Gasteiger partial charge in [0, 0.05) is 0 Å². The monoisotopic (exact) mass is 398 g/mol. The standard InChI is InChI=1S/C15H26O12/c1-5(18)4-24-14-12(23)10(21)13(7(3-17)26-14)27-15-11(22)9(20)8(19)6(2-16)25-15/h6-17,19-23H,2-4H2,1H3/t6-,7-,8-,9+,10-,11-,12-,13-,14+,15-/m1/s1. The summed E-state index contributed by atoms with van der Waals surface area (Å²) < 4.78 is 20.9. The van der Waals surface area contributed by atoms with Crippen molar-refractivity contribution < 1.29 is 59.5 Å². The predicted molar refractivity (Wildman–Crippen MR) is 83.0 cm³/mol. The Kier molecular flexibility index (Phi) is 8.03. The molecule has 2 rings (SSSR count). The van der Waals surface area contributed by atoms with Crippen LogP contribution in [-0.2, 0) is 23.7 Å². The first kappa shape index (κ1) is 22.5. The molecule has 0 radical (unpaired) electrons. The maximum Gasteiger partial charge on any atom is 0.187 e. The molecule has 0 spiro atoms. The Hall–Kier alpha value is -0.770. The van der Waals surface area contributed by atoms with Crippen LogP contribution in [0.3, 0.4) is 0 Å². The fourth-order valence-corrected chi connectivity index (χ4v) is 2.89. The van der Waals surface area contributed by atoms with E-state index in [0.717, 1.165) is 0 Å². The first-order valence-electron chi connectivity index (χ1n) is 8.40. The molecule has 2 saturated heterocycles. The molecule has 2 aliphatic rings. The minimum Gasteiger partial charge on any atom is -0.394 e. The summed E-state index contributed by atoms with van der Waals surface area (Å²) in [6, 6.07) is 0. The topological polar surface area (TPSA) is 196 Å². The van der Waals surface area contributed by atoms with Crippen LogP contribution >= 0.6 is 0 Å². The zero-order chi connectivity index (χ0) is 20.3. The fourth-order valence-electron chi connectivity index (χ4n) is 2.89. The lowest BCUT2D eigenvalue weighted by molar-refractivity contribution is -0.358. The van der Waals surface area contributed by atoms with Gasteiger partial charge in [-0.2, -0.15) is 0 Å². The SMILES string of the molecule is CC(=O)CO[C@H]1O[C@H](CO)[C@@H](O[C@H]2O[C@H](CO)[C@@H](O)[C@H](O)[C@H]2O)[C@H](O)[C@H]1O. The highest BCUT2D eigenvalue weighted by Gasteiger charge is 2.50. The molecule has 2 aliphatic heterocycles. The second-order valence-electron chi connectivity index (χ2n) is 6.52. The van der Waals surface area contributed by atoms with Crippen molar-refractivity contribution in [1.82, 2.24) is 0 Å². The summed E-state index contributed by atoms with van der Waals surface area (Å²) in [7, 11) is 0. The fraction of sp³-hybridized carbons (Fsp3) is 0.933. The summed E-state index contributed by atoms with van der Waals surface area (Å²) >= 11 is 0. The summed E-state index contributed by atoms with van der Waals surface area (Å²) in [6.07, 6.45) is -15.2. The van der Waals surface area contributed by atoms with Crippen LogP contribution in [0.1, 0.15) is 6.92 Å². The Morgan fingerprint density at radius 1 is 0.815 bits per heavy atom. The van der Waals surface area contributed by atoms with E-state index in [1.807, 2.05) is 0 Å². The average molecular weight is 398 g/mol. The minimum absolute atomic E-state index is 0.347. The maximum atomic E-state index is 11.0. The summed E-state index contributed by atoms with van der Waals surface area (Å²) in [6.45, 7) is -0.488. The first-order valence-corrected chi connectivity index (χ1v) is 8.40. The molecule has 0 aliphatic carbocycles. The quantitative estimate of drug-likeness (QED) is 0.216. The number of aliphatic hydroxyl groups excluding tert-OH is 7. The zero-order valence-corrected chi connectivity index (χ0v) is 14.6. The van der Waals surface area contributed by atoms with Gasteiger partial charge in [-0.15, -0.1) is 0 Å². The molecule has 158 valence electrons. The van der Waals surface area contributed by atoms with E-state index in [0.29, 0.717) is 0 Å². The highest BCUT2D eigenvalue weighted by Crippen LogP contribution is 2.29. The highest BCUT2D eigenvalue weighted by atomic mass is 16.7. The predicted octanol–water partition coefficient (Wildman–Crippen LogP) is -4.78. The lowest BCUT2D eigenvalue weighted by Gasteiger charge is -2.45. The average Bonchev–Trinajstić information content (AvgIpc) is 2.64. The molecular weight excluding hydrogens is 372 g/mol. The lowest BCUT2D eigenvalue weighted by atomic mass is 9.97. The van der Waals surface area contributed by atoms with Crippen molar-refractivity contribution in [3.05, 3.63) is 0 Å². The highest BCUT2D eigenvalue weighted by molar-refractivity contribution is 5.76. The number of Topliss-reactive ketones (excluding diaryl/α,β-unsaturated/α-hetero) is 1. The Labute approximate surface area is 154 Å². The van der Waals surface area contributed by atoms with Gasteiger partial charge in [-0.05, 0) is 6.92 Å². The van der Waals surface area contributed by atoms with E-state index >= 15 is 0 Å². The van der Waals surface area contributed by atoms with Gasteiger partial charge in [0.25, 0.3) is 0 Å². The van der Waals surface area contributed by atoms with E-state index in [4.69, 9.17) is 18.9 Å². The van der Waals surface area contributed by atoms with Crippen molar-refractivity contribution in [2.45, 2.75) is 68.3 Å². The number of aliphatic hydroxyl groups is 7. The third-order valence-corrected chi connectivity index (χ3v) is 4.41. The van der Waals surface area contributed by atoms with Gasteiger partial charge in [0.15, 0.2) is 18.4 Å².